The normalized spacial score (nSPS) is 10.6. The van der Waals surface area contributed by atoms with Crippen LogP contribution < -0.4 is 10.1 Å². The number of amides is 1. The second kappa shape index (κ2) is 9.09. The number of anilines is 1. The van der Waals surface area contributed by atoms with Crippen molar-refractivity contribution in [1.29, 1.82) is 0 Å². The number of aryl methyl sites for hydroxylation is 3. The lowest BCUT2D eigenvalue weighted by atomic mass is 10.0. The highest BCUT2D eigenvalue weighted by atomic mass is 32.1. The molecule has 0 saturated heterocycles. The van der Waals surface area contributed by atoms with Gasteiger partial charge in [0.25, 0.3) is 5.91 Å². The minimum Gasteiger partial charge on any atom is -0.483 e. The largest absolute Gasteiger partial charge is 0.483 e. The molecule has 3 rings (SSSR count). The Morgan fingerprint density at radius 1 is 1.07 bits per heavy atom. The van der Waals surface area contributed by atoms with Crippen molar-refractivity contribution in [3.05, 3.63) is 69.8 Å². The third-order valence-corrected chi connectivity index (χ3v) is 5.57. The number of carbonyl (C=O) groups excluding carboxylic acids is 2. The molecule has 0 aliphatic rings. The third-order valence-electron chi connectivity index (χ3n) is 4.55. The van der Waals surface area contributed by atoms with Crippen molar-refractivity contribution < 1.29 is 23.5 Å². The van der Waals surface area contributed by atoms with Crippen LogP contribution in [-0.2, 0) is 9.53 Å². The van der Waals surface area contributed by atoms with Gasteiger partial charge < -0.3 is 14.8 Å². The maximum Gasteiger partial charge on any atom is 0.341 e. The molecule has 0 spiro atoms. The Balaban J connectivity index is 1.84. The molecule has 0 aliphatic heterocycles. The first-order valence-electron chi connectivity index (χ1n) is 9.27. The number of ether oxygens (including phenoxy) is 2. The number of benzene rings is 2. The summed E-state index contributed by atoms with van der Waals surface area (Å²) in [6.45, 7) is 5.52. The average Bonchev–Trinajstić information content (AvgIpc) is 3.03. The molecule has 1 N–H and O–H groups in total. The number of hydrogen-bond acceptors (Lipinski definition) is 5. The zero-order chi connectivity index (χ0) is 21.8. The fourth-order valence-electron chi connectivity index (χ4n) is 3.16. The number of thiophene rings is 1. The van der Waals surface area contributed by atoms with E-state index < -0.39 is 11.9 Å². The van der Waals surface area contributed by atoms with Gasteiger partial charge in [-0.05, 0) is 50.1 Å². The Bertz CT molecular complexity index is 1090. The van der Waals surface area contributed by atoms with Crippen LogP contribution in [0.25, 0.3) is 11.1 Å². The van der Waals surface area contributed by atoms with Gasteiger partial charge in [0.2, 0.25) is 0 Å². The molecule has 0 atom stereocenters. The highest BCUT2D eigenvalue weighted by Gasteiger charge is 2.25. The van der Waals surface area contributed by atoms with Crippen molar-refractivity contribution in [2.45, 2.75) is 20.8 Å². The monoisotopic (exact) mass is 427 g/mol. The first-order chi connectivity index (χ1) is 14.3. The standard InChI is InChI=1S/C23H22FNO4S/c1-13-5-10-18(14(2)11-13)29-12-19(26)25-22-21(23(27)28-4)20(15(3)30-22)16-6-8-17(24)9-7-16/h5-11H,12H2,1-4H3,(H,25,26). The lowest BCUT2D eigenvalue weighted by Crippen LogP contribution is -2.21. The Hall–Kier alpha value is -3.19. The minimum absolute atomic E-state index is 0.201. The van der Waals surface area contributed by atoms with Crippen molar-refractivity contribution in [3.8, 4) is 16.9 Å². The molecule has 1 amide bonds. The number of methoxy groups -OCH3 is 1. The van der Waals surface area contributed by atoms with Gasteiger partial charge in [0.05, 0.1) is 7.11 Å². The molecule has 156 valence electrons. The summed E-state index contributed by atoms with van der Waals surface area (Å²) in [6.07, 6.45) is 0. The molecular formula is C23H22FNO4S. The lowest BCUT2D eigenvalue weighted by Gasteiger charge is -2.11. The third kappa shape index (κ3) is 4.68. The highest BCUT2D eigenvalue weighted by Crippen LogP contribution is 2.40. The van der Waals surface area contributed by atoms with E-state index in [0.29, 0.717) is 21.9 Å². The molecule has 1 heterocycles. The van der Waals surface area contributed by atoms with Crippen molar-refractivity contribution >= 4 is 28.2 Å². The quantitative estimate of drug-likeness (QED) is 0.544. The molecule has 0 aliphatic carbocycles. The van der Waals surface area contributed by atoms with E-state index >= 15 is 0 Å². The van der Waals surface area contributed by atoms with Crippen LogP contribution in [0.3, 0.4) is 0 Å². The van der Waals surface area contributed by atoms with Crippen LogP contribution in [0.4, 0.5) is 9.39 Å². The van der Waals surface area contributed by atoms with Crippen LogP contribution in [0.2, 0.25) is 0 Å². The molecule has 0 unspecified atom stereocenters. The van der Waals surface area contributed by atoms with Gasteiger partial charge in [-0.25, -0.2) is 9.18 Å². The van der Waals surface area contributed by atoms with E-state index in [1.54, 1.807) is 12.1 Å². The van der Waals surface area contributed by atoms with E-state index in [-0.39, 0.29) is 18.0 Å². The highest BCUT2D eigenvalue weighted by molar-refractivity contribution is 7.17. The van der Waals surface area contributed by atoms with Gasteiger partial charge in [0.1, 0.15) is 22.1 Å². The van der Waals surface area contributed by atoms with Crippen LogP contribution in [-0.4, -0.2) is 25.6 Å². The maximum absolute atomic E-state index is 13.3. The van der Waals surface area contributed by atoms with Gasteiger partial charge >= 0.3 is 5.97 Å². The smallest absolute Gasteiger partial charge is 0.341 e. The summed E-state index contributed by atoms with van der Waals surface area (Å²) in [7, 11) is 1.28. The Morgan fingerprint density at radius 2 is 1.77 bits per heavy atom. The van der Waals surface area contributed by atoms with Gasteiger partial charge in [0.15, 0.2) is 6.61 Å². The number of esters is 1. The summed E-state index contributed by atoms with van der Waals surface area (Å²) < 4.78 is 23.9. The topological polar surface area (TPSA) is 64.6 Å². The molecule has 30 heavy (non-hydrogen) atoms. The van der Waals surface area contributed by atoms with Crippen LogP contribution in [0.15, 0.2) is 42.5 Å². The molecule has 0 bridgehead atoms. The molecule has 2 aromatic carbocycles. The molecule has 5 nitrogen and oxygen atoms in total. The summed E-state index contributed by atoms with van der Waals surface area (Å²) >= 11 is 1.26. The second-order valence-electron chi connectivity index (χ2n) is 6.84. The molecule has 1 aromatic heterocycles. The first-order valence-corrected chi connectivity index (χ1v) is 10.1. The fourth-order valence-corrected chi connectivity index (χ4v) is 4.24. The average molecular weight is 427 g/mol. The zero-order valence-electron chi connectivity index (χ0n) is 17.2. The van der Waals surface area contributed by atoms with E-state index in [4.69, 9.17) is 9.47 Å². The number of nitrogens with one attached hydrogen (secondary N) is 1. The summed E-state index contributed by atoms with van der Waals surface area (Å²) in [5, 5.41) is 3.12. The van der Waals surface area contributed by atoms with Gasteiger partial charge in [-0.1, -0.05) is 29.8 Å². The Morgan fingerprint density at radius 3 is 2.40 bits per heavy atom. The number of halogens is 1. The number of rotatable bonds is 6. The summed E-state index contributed by atoms with van der Waals surface area (Å²) in [5.41, 5.74) is 3.56. The summed E-state index contributed by atoms with van der Waals surface area (Å²) in [4.78, 5) is 25.8. The van der Waals surface area contributed by atoms with Crippen LogP contribution in [0.5, 0.6) is 5.75 Å². The molecule has 7 heteroatoms. The van der Waals surface area contributed by atoms with E-state index in [0.717, 1.165) is 16.0 Å². The van der Waals surface area contributed by atoms with Crippen molar-refractivity contribution in [1.82, 2.24) is 0 Å². The van der Waals surface area contributed by atoms with Crippen LogP contribution in [0.1, 0.15) is 26.4 Å². The first kappa shape index (κ1) is 21.5. The van der Waals surface area contributed by atoms with Crippen LogP contribution in [0, 0.1) is 26.6 Å². The van der Waals surface area contributed by atoms with Crippen molar-refractivity contribution in [2.75, 3.05) is 19.0 Å². The molecule has 0 radical (unpaired) electrons. The minimum atomic E-state index is -0.579. The number of carbonyl (C=O) groups is 2. The van der Waals surface area contributed by atoms with Gasteiger partial charge in [-0.3, -0.25) is 4.79 Å². The maximum atomic E-state index is 13.3. The Kier molecular flexibility index (Phi) is 6.52. The zero-order valence-corrected chi connectivity index (χ0v) is 18.0. The molecular weight excluding hydrogens is 405 g/mol. The van der Waals surface area contributed by atoms with E-state index in [9.17, 15) is 14.0 Å². The Labute approximate surface area is 178 Å². The summed E-state index contributed by atoms with van der Waals surface area (Å²) in [6, 6.07) is 11.5. The van der Waals surface area contributed by atoms with Crippen molar-refractivity contribution in [2.24, 2.45) is 0 Å². The summed E-state index contributed by atoms with van der Waals surface area (Å²) in [5.74, 6) is -0.724. The van der Waals surface area contributed by atoms with E-state index in [1.807, 2.05) is 39.0 Å². The van der Waals surface area contributed by atoms with Gasteiger partial charge in [-0.2, -0.15) is 0 Å². The molecule has 3 aromatic rings. The SMILES string of the molecule is COC(=O)c1c(NC(=O)COc2ccc(C)cc2C)sc(C)c1-c1ccc(F)cc1. The van der Waals surface area contributed by atoms with Crippen molar-refractivity contribution in [3.63, 3.8) is 0 Å². The lowest BCUT2D eigenvalue weighted by molar-refractivity contribution is -0.118. The molecule has 0 fully saturated rings. The van der Waals surface area contributed by atoms with Gasteiger partial charge in [-0.15, -0.1) is 11.3 Å². The van der Waals surface area contributed by atoms with Gasteiger partial charge in [0, 0.05) is 10.4 Å². The predicted molar refractivity (Wildman–Crippen MR) is 116 cm³/mol. The second-order valence-corrected chi connectivity index (χ2v) is 8.07. The molecule has 0 saturated carbocycles. The van der Waals surface area contributed by atoms with Crippen LogP contribution >= 0.6 is 11.3 Å². The number of hydrogen-bond donors (Lipinski definition) is 1. The fraction of sp³-hybridized carbons (Fsp3) is 0.217. The predicted octanol–water partition coefficient (Wildman–Crippen LogP) is 5.28. The van der Waals surface area contributed by atoms with E-state index in [1.165, 1.54) is 30.6 Å². The van der Waals surface area contributed by atoms with E-state index in [2.05, 4.69) is 5.32 Å².